The predicted molar refractivity (Wildman–Crippen MR) is 80.3 cm³/mol. The Hall–Kier alpha value is -0.760. The summed E-state index contributed by atoms with van der Waals surface area (Å²) in [5, 5.41) is 3.73. The average molecular weight is 263 g/mol. The Morgan fingerprint density at radius 2 is 2.00 bits per heavy atom. The zero-order chi connectivity index (χ0) is 13.8. The van der Waals surface area contributed by atoms with E-state index < -0.39 is 0 Å². The van der Waals surface area contributed by atoms with Crippen molar-refractivity contribution in [2.45, 2.75) is 65.8 Å². The van der Waals surface area contributed by atoms with Crippen molar-refractivity contribution in [2.75, 3.05) is 6.54 Å². The topological polar surface area (TPSA) is 25.2 Å². The third kappa shape index (κ3) is 3.22. The van der Waals surface area contributed by atoms with Crippen LogP contribution in [-0.4, -0.2) is 6.54 Å². The molecule has 1 heterocycles. The van der Waals surface area contributed by atoms with Crippen molar-refractivity contribution in [3.63, 3.8) is 0 Å². The average Bonchev–Trinajstić information content (AvgIpc) is 2.75. The van der Waals surface area contributed by atoms with Crippen LogP contribution in [0.4, 0.5) is 0 Å². The molecule has 1 aliphatic rings. The molecule has 2 nitrogen and oxygen atoms in total. The number of aryl methyl sites for hydroxylation is 2. The first-order valence-electron chi connectivity index (χ1n) is 7.97. The van der Waals surface area contributed by atoms with Gasteiger partial charge in [-0.05, 0) is 44.7 Å². The van der Waals surface area contributed by atoms with Crippen LogP contribution in [0.2, 0.25) is 0 Å². The molecule has 0 bridgehead atoms. The standard InChI is InChI=1S/C17H29NO/c1-5-14-9-7-8-10-15(14)17(18-6-2)16-11-12(3)19-13(16)4/h11,14-15,17-18H,5-10H2,1-4H3. The number of rotatable bonds is 5. The second kappa shape index (κ2) is 6.60. The predicted octanol–water partition coefficient (Wildman–Crippen LogP) is 4.76. The molecule has 2 rings (SSSR count). The highest BCUT2D eigenvalue weighted by molar-refractivity contribution is 5.25. The van der Waals surface area contributed by atoms with E-state index in [9.17, 15) is 0 Å². The van der Waals surface area contributed by atoms with Gasteiger partial charge in [0.15, 0.2) is 0 Å². The van der Waals surface area contributed by atoms with Crippen molar-refractivity contribution in [1.29, 1.82) is 0 Å². The van der Waals surface area contributed by atoms with Gasteiger partial charge in [-0.1, -0.05) is 39.5 Å². The summed E-state index contributed by atoms with van der Waals surface area (Å²) in [5.41, 5.74) is 1.39. The van der Waals surface area contributed by atoms with Gasteiger partial charge in [0.05, 0.1) is 0 Å². The molecule has 0 amide bonds. The Balaban J connectivity index is 2.25. The maximum Gasteiger partial charge on any atom is 0.105 e. The van der Waals surface area contributed by atoms with E-state index >= 15 is 0 Å². The van der Waals surface area contributed by atoms with Gasteiger partial charge < -0.3 is 9.73 Å². The molecule has 19 heavy (non-hydrogen) atoms. The molecule has 1 aromatic heterocycles. The molecule has 3 unspecified atom stereocenters. The Kier molecular flexibility index (Phi) is 5.09. The van der Waals surface area contributed by atoms with Crippen LogP contribution in [0.1, 0.15) is 69.1 Å². The molecule has 1 saturated carbocycles. The summed E-state index contributed by atoms with van der Waals surface area (Å²) in [6.45, 7) is 9.74. The highest BCUT2D eigenvalue weighted by atomic mass is 16.3. The molecule has 0 spiro atoms. The monoisotopic (exact) mass is 263 g/mol. The lowest BCUT2D eigenvalue weighted by atomic mass is 9.72. The van der Waals surface area contributed by atoms with Gasteiger partial charge in [-0.3, -0.25) is 0 Å². The summed E-state index contributed by atoms with van der Waals surface area (Å²) in [5.74, 6) is 3.78. The van der Waals surface area contributed by atoms with E-state index in [2.05, 4.69) is 39.1 Å². The van der Waals surface area contributed by atoms with E-state index in [1.165, 1.54) is 37.7 Å². The van der Waals surface area contributed by atoms with E-state index in [1.807, 2.05) is 0 Å². The van der Waals surface area contributed by atoms with E-state index in [0.717, 1.165) is 29.9 Å². The van der Waals surface area contributed by atoms with E-state index in [4.69, 9.17) is 4.42 Å². The summed E-state index contributed by atoms with van der Waals surface area (Å²) < 4.78 is 5.76. The lowest BCUT2D eigenvalue weighted by Crippen LogP contribution is -2.34. The van der Waals surface area contributed by atoms with Gasteiger partial charge in [-0.2, -0.15) is 0 Å². The fourth-order valence-electron chi connectivity index (χ4n) is 3.85. The Morgan fingerprint density at radius 1 is 1.26 bits per heavy atom. The summed E-state index contributed by atoms with van der Waals surface area (Å²) in [4.78, 5) is 0. The van der Waals surface area contributed by atoms with Crippen LogP contribution in [0.5, 0.6) is 0 Å². The van der Waals surface area contributed by atoms with Crippen molar-refractivity contribution in [1.82, 2.24) is 5.32 Å². The minimum absolute atomic E-state index is 0.479. The first-order valence-corrected chi connectivity index (χ1v) is 7.97. The van der Waals surface area contributed by atoms with Gasteiger partial charge in [0, 0.05) is 11.6 Å². The second-order valence-electron chi connectivity index (χ2n) is 6.02. The van der Waals surface area contributed by atoms with Crippen molar-refractivity contribution in [3.8, 4) is 0 Å². The summed E-state index contributed by atoms with van der Waals surface area (Å²) >= 11 is 0. The zero-order valence-electron chi connectivity index (χ0n) is 13.0. The lowest BCUT2D eigenvalue weighted by Gasteiger charge is -2.37. The fraction of sp³-hybridized carbons (Fsp3) is 0.765. The van der Waals surface area contributed by atoms with Crippen LogP contribution in [0.3, 0.4) is 0 Å². The molecule has 0 aromatic carbocycles. The molecule has 1 aliphatic carbocycles. The van der Waals surface area contributed by atoms with Gasteiger partial charge in [-0.15, -0.1) is 0 Å². The summed E-state index contributed by atoms with van der Waals surface area (Å²) in [6.07, 6.45) is 6.87. The molecule has 108 valence electrons. The molecule has 0 aliphatic heterocycles. The van der Waals surface area contributed by atoms with Crippen molar-refractivity contribution < 1.29 is 4.42 Å². The molecular formula is C17H29NO. The van der Waals surface area contributed by atoms with Crippen LogP contribution < -0.4 is 5.32 Å². The second-order valence-corrected chi connectivity index (χ2v) is 6.02. The number of furan rings is 1. The summed E-state index contributed by atoms with van der Waals surface area (Å²) in [6, 6.07) is 2.72. The molecule has 0 radical (unpaired) electrons. The number of hydrogen-bond acceptors (Lipinski definition) is 2. The lowest BCUT2D eigenvalue weighted by molar-refractivity contribution is 0.176. The molecule has 2 heteroatoms. The molecule has 0 saturated heterocycles. The largest absolute Gasteiger partial charge is 0.466 e. The maximum atomic E-state index is 5.76. The van der Waals surface area contributed by atoms with Crippen molar-refractivity contribution in [3.05, 3.63) is 23.2 Å². The highest BCUT2D eigenvalue weighted by Gasteiger charge is 2.32. The quantitative estimate of drug-likeness (QED) is 0.828. The van der Waals surface area contributed by atoms with Gasteiger partial charge in [-0.25, -0.2) is 0 Å². The van der Waals surface area contributed by atoms with E-state index in [0.29, 0.717) is 6.04 Å². The maximum absolute atomic E-state index is 5.76. The molecular weight excluding hydrogens is 234 g/mol. The molecule has 1 N–H and O–H groups in total. The molecule has 3 atom stereocenters. The molecule has 1 aromatic rings. The van der Waals surface area contributed by atoms with Gasteiger partial charge in [0.1, 0.15) is 11.5 Å². The highest BCUT2D eigenvalue weighted by Crippen LogP contribution is 2.41. The zero-order valence-corrected chi connectivity index (χ0v) is 13.0. The fourth-order valence-corrected chi connectivity index (χ4v) is 3.85. The molecule has 1 fully saturated rings. The minimum atomic E-state index is 0.479. The van der Waals surface area contributed by atoms with E-state index in [1.54, 1.807) is 0 Å². The van der Waals surface area contributed by atoms with Crippen LogP contribution in [0.25, 0.3) is 0 Å². The van der Waals surface area contributed by atoms with Crippen LogP contribution in [0.15, 0.2) is 10.5 Å². The van der Waals surface area contributed by atoms with Crippen LogP contribution in [0, 0.1) is 25.7 Å². The van der Waals surface area contributed by atoms with E-state index in [-0.39, 0.29) is 0 Å². The normalized spacial score (nSPS) is 25.5. The Morgan fingerprint density at radius 3 is 2.58 bits per heavy atom. The van der Waals surface area contributed by atoms with Crippen LogP contribution >= 0.6 is 0 Å². The number of hydrogen-bond donors (Lipinski definition) is 1. The first kappa shape index (κ1) is 14.6. The van der Waals surface area contributed by atoms with Crippen molar-refractivity contribution in [2.24, 2.45) is 11.8 Å². The first-order chi connectivity index (χ1) is 9.17. The smallest absolute Gasteiger partial charge is 0.105 e. The number of nitrogens with one attached hydrogen (secondary N) is 1. The Bertz CT molecular complexity index is 396. The Labute approximate surface area is 118 Å². The summed E-state index contributed by atoms with van der Waals surface area (Å²) in [7, 11) is 0. The van der Waals surface area contributed by atoms with Gasteiger partial charge in [0.2, 0.25) is 0 Å². The third-order valence-corrected chi connectivity index (χ3v) is 4.76. The van der Waals surface area contributed by atoms with Gasteiger partial charge in [0.25, 0.3) is 0 Å². The SMILES string of the molecule is CCNC(c1cc(C)oc1C)C1CCCCC1CC. The van der Waals surface area contributed by atoms with Crippen LogP contribution in [-0.2, 0) is 0 Å². The van der Waals surface area contributed by atoms with Gasteiger partial charge >= 0.3 is 0 Å². The van der Waals surface area contributed by atoms with Crippen molar-refractivity contribution >= 4 is 0 Å². The third-order valence-electron chi connectivity index (χ3n) is 4.76. The minimum Gasteiger partial charge on any atom is -0.466 e.